The number of hydrogen-bond acceptors (Lipinski definition) is 0. The minimum atomic E-state index is 0.736. The third kappa shape index (κ3) is 0.579. The normalized spacial score (nSPS) is 58.8. The zero-order valence-electron chi connectivity index (χ0n) is 7.22. The van der Waals surface area contributed by atoms with E-state index in [1.54, 1.807) is 0 Å². The zero-order chi connectivity index (χ0) is 7.47. The first-order chi connectivity index (χ1) is 5.31. The predicted molar refractivity (Wildman–Crippen MR) is 46.2 cm³/mol. The number of rotatable bonds is 0. The Morgan fingerprint density at radius 1 is 1.36 bits per heavy atom. The average Bonchev–Trinajstić information content (AvgIpc) is 2.35. The van der Waals surface area contributed by atoms with Gasteiger partial charge in [0.2, 0.25) is 0 Å². The van der Waals surface area contributed by atoms with E-state index in [0.29, 0.717) is 0 Å². The van der Waals surface area contributed by atoms with Crippen LogP contribution in [0.2, 0.25) is 0 Å². The van der Waals surface area contributed by atoms with E-state index in [-0.39, 0.29) is 0 Å². The van der Waals surface area contributed by atoms with Crippen LogP contribution in [-0.4, -0.2) is 0 Å². The highest BCUT2D eigenvalue weighted by atomic mass is 14.6. The molecular weight excluding hydrogens is 132 g/mol. The molecular formula is C11H16. The highest BCUT2D eigenvalue weighted by Gasteiger charge is 2.55. The molecule has 0 heteroatoms. The molecule has 3 aliphatic rings. The molecule has 0 aromatic heterocycles. The molecule has 1 spiro atoms. The molecule has 4 atom stereocenters. The van der Waals surface area contributed by atoms with Gasteiger partial charge in [-0.15, -0.1) is 0 Å². The van der Waals surface area contributed by atoms with Gasteiger partial charge in [-0.05, 0) is 48.9 Å². The van der Waals surface area contributed by atoms with Crippen LogP contribution in [0.1, 0.15) is 32.6 Å². The van der Waals surface area contributed by atoms with E-state index in [2.05, 4.69) is 19.1 Å². The summed E-state index contributed by atoms with van der Waals surface area (Å²) in [5.74, 6) is 3.08. The molecule has 11 heavy (non-hydrogen) atoms. The van der Waals surface area contributed by atoms with Crippen molar-refractivity contribution in [3.05, 3.63) is 12.2 Å². The summed E-state index contributed by atoms with van der Waals surface area (Å²) in [7, 11) is 0. The molecule has 1 unspecified atom stereocenters. The monoisotopic (exact) mass is 148 g/mol. The summed E-state index contributed by atoms with van der Waals surface area (Å²) in [4.78, 5) is 0. The lowest BCUT2D eigenvalue weighted by Crippen LogP contribution is -2.31. The van der Waals surface area contributed by atoms with Crippen LogP contribution in [0, 0.1) is 23.2 Å². The molecule has 0 aromatic carbocycles. The summed E-state index contributed by atoms with van der Waals surface area (Å²) in [6.45, 7) is 2.43. The maximum Gasteiger partial charge on any atom is -0.00246 e. The molecule has 0 amide bonds. The first-order valence-electron chi connectivity index (χ1n) is 5.00. The van der Waals surface area contributed by atoms with E-state index in [1.807, 2.05) is 0 Å². The Balaban J connectivity index is 1.99. The second-order valence-electron chi connectivity index (χ2n) is 4.90. The summed E-state index contributed by atoms with van der Waals surface area (Å²) in [5, 5.41) is 0. The third-order valence-electron chi connectivity index (χ3n) is 4.30. The minimum Gasteiger partial charge on any atom is -0.0840 e. The van der Waals surface area contributed by atoms with Crippen molar-refractivity contribution in [2.45, 2.75) is 32.6 Å². The summed E-state index contributed by atoms with van der Waals surface area (Å²) >= 11 is 0. The van der Waals surface area contributed by atoms with Gasteiger partial charge in [0.05, 0.1) is 0 Å². The number of hydrogen-bond donors (Lipinski definition) is 0. The van der Waals surface area contributed by atoms with E-state index in [4.69, 9.17) is 0 Å². The van der Waals surface area contributed by atoms with E-state index < -0.39 is 0 Å². The van der Waals surface area contributed by atoms with Crippen LogP contribution in [0.15, 0.2) is 12.2 Å². The molecule has 0 radical (unpaired) electrons. The van der Waals surface area contributed by atoms with Crippen molar-refractivity contribution in [1.29, 1.82) is 0 Å². The standard InChI is InChI=1S/C11H16/c1-8-6-10-3-2-9-4-5-11(9,10)7-8/h4-5,8-10H,2-3,6-7H2,1H3/t8-,9-,10+,11?/m0/s1. The fraction of sp³-hybridized carbons (Fsp3) is 0.818. The van der Waals surface area contributed by atoms with Crippen molar-refractivity contribution in [2.75, 3.05) is 0 Å². The Morgan fingerprint density at radius 2 is 2.27 bits per heavy atom. The first kappa shape index (κ1) is 6.28. The van der Waals surface area contributed by atoms with E-state index in [9.17, 15) is 0 Å². The Morgan fingerprint density at radius 3 is 2.91 bits per heavy atom. The van der Waals surface area contributed by atoms with Gasteiger partial charge in [0.15, 0.2) is 0 Å². The minimum absolute atomic E-state index is 0.736. The van der Waals surface area contributed by atoms with Crippen LogP contribution in [0.3, 0.4) is 0 Å². The Labute approximate surface area is 68.7 Å². The Hall–Kier alpha value is -0.260. The quantitative estimate of drug-likeness (QED) is 0.463. The van der Waals surface area contributed by atoms with Gasteiger partial charge in [-0.1, -0.05) is 19.1 Å². The Kier molecular flexibility index (Phi) is 0.987. The van der Waals surface area contributed by atoms with Crippen LogP contribution in [-0.2, 0) is 0 Å². The maximum absolute atomic E-state index is 2.53. The third-order valence-corrected chi connectivity index (χ3v) is 4.30. The number of allylic oxidation sites excluding steroid dienone is 2. The van der Waals surface area contributed by atoms with Crippen LogP contribution in [0.5, 0.6) is 0 Å². The van der Waals surface area contributed by atoms with Gasteiger partial charge >= 0.3 is 0 Å². The van der Waals surface area contributed by atoms with Crippen molar-refractivity contribution in [3.8, 4) is 0 Å². The van der Waals surface area contributed by atoms with Crippen LogP contribution in [0.25, 0.3) is 0 Å². The largest absolute Gasteiger partial charge is 0.0840 e. The molecule has 3 aliphatic carbocycles. The molecule has 0 aromatic rings. The van der Waals surface area contributed by atoms with E-state index >= 15 is 0 Å². The zero-order valence-corrected chi connectivity index (χ0v) is 7.22. The van der Waals surface area contributed by atoms with Crippen molar-refractivity contribution < 1.29 is 0 Å². The van der Waals surface area contributed by atoms with Crippen LogP contribution in [0.4, 0.5) is 0 Å². The fourth-order valence-electron chi connectivity index (χ4n) is 3.83. The van der Waals surface area contributed by atoms with E-state index in [1.165, 1.54) is 25.7 Å². The van der Waals surface area contributed by atoms with Crippen LogP contribution < -0.4 is 0 Å². The Bertz CT molecular complexity index is 216. The predicted octanol–water partition coefficient (Wildman–Crippen LogP) is 3.00. The molecule has 0 saturated heterocycles. The van der Waals surface area contributed by atoms with Crippen LogP contribution >= 0.6 is 0 Å². The van der Waals surface area contributed by atoms with Gasteiger partial charge in [-0.2, -0.15) is 0 Å². The molecule has 0 aliphatic heterocycles. The maximum atomic E-state index is 2.53. The summed E-state index contributed by atoms with van der Waals surface area (Å²) < 4.78 is 0. The van der Waals surface area contributed by atoms with Gasteiger partial charge in [0.1, 0.15) is 0 Å². The molecule has 2 saturated carbocycles. The highest BCUT2D eigenvalue weighted by Crippen LogP contribution is 2.64. The van der Waals surface area contributed by atoms with Gasteiger partial charge < -0.3 is 0 Å². The van der Waals surface area contributed by atoms with E-state index in [0.717, 1.165) is 23.2 Å². The fourth-order valence-corrected chi connectivity index (χ4v) is 3.83. The van der Waals surface area contributed by atoms with Gasteiger partial charge in [0.25, 0.3) is 0 Å². The summed E-state index contributed by atoms with van der Waals surface area (Å²) in [6, 6.07) is 0. The average molecular weight is 148 g/mol. The topological polar surface area (TPSA) is 0 Å². The van der Waals surface area contributed by atoms with Crippen molar-refractivity contribution >= 4 is 0 Å². The first-order valence-corrected chi connectivity index (χ1v) is 5.00. The smallest absolute Gasteiger partial charge is 0.00246 e. The molecule has 0 bridgehead atoms. The van der Waals surface area contributed by atoms with Gasteiger partial charge in [-0.3, -0.25) is 0 Å². The highest BCUT2D eigenvalue weighted by molar-refractivity contribution is 5.26. The lowest BCUT2D eigenvalue weighted by molar-refractivity contribution is 0.234. The van der Waals surface area contributed by atoms with Crippen molar-refractivity contribution in [1.82, 2.24) is 0 Å². The second-order valence-corrected chi connectivity index (χ2v) is 4.90. The molecule has 0 N–H and O–H groups in total. The van der Waals surface area contributed by atoms with Gasteiger partial charge in [-0.25, -0.2) is 0 Å². The lowest BCUT2D eigenvalue weighted by atomic mass is 9.66. The molecule has 60 valence electrons. The molecule has 2 fully saturated rings. The molecule has 0 nitrogen and oxygen atoms in total. The van der Waals surface area contributed by atoms with Gasteiger partial charge in [0, 0.05) is 0 Å². The molecule has 3 rings (SSSR count). The SMILES string of the molecule is C[C@H]1C[C@H]2CC[C@H]3C=CC23C1. The second kappa shape index (κ2) is 1.73. The summed E-state index contributed by atoms with van der Waals surface area (Å²) in [5.41, 5.74) is 0.736. The lowest BCUT2D eigenvalue weighted by Gasteiger charge is -2.38. The van der Waals surface area contributed by atoms with Crippen molar-refractivity contribution in [2.24, 2.45) is 23.2 Å². The van der Waals surface area contributed by atoms with Crippen molar-refractivity contribution in [3.63, 3.8) is 0 Å². The molecule has 0 heterocycles. The summed E-state index contributed by atoms with van der Waals surface area (Å²) in [6.07, 6.45) is 11.0.